The molecular weight excluding hydrogens is 250 g/mol. The normalized spacial score (nSPS) is 12.0. The third kappa shape index (κ3) is 3.27. The molecule has 1 aromatic heterocycles. The summed E-state index contributed by atoms with van der Waals surface area (Å²) < 4.78 is 5.25. The zero-order valence-corrected chi connectivity index (χ0v) is 12.2. The molecule has 4 heteroatoms. The van der Waals surface area contributed by atoms with Crippen LogP contribution >= 0.6 is 0 Å². The van der Waals surface area contributed by atoms with Gasteiger partial charge in [0.25, 0.3) is 0 Å². The number of methoxy groups -OCH3 is 1. The molecule has 1 aromatic carbocycles. The highest BCUT2D eigenvalue weighted by Gasteiger charge is 2.12. The third-order valence-electron chi connectivity index (χ3n) is 3.22. The molecule has 1 atom stereocenters. The van der Waals surface area contributed by atoms with E-state index < -0.39 is 0 Å². The third-order valence-corrected chi connectivity index (χ3v) is 3.22. The lowest BCUT2D eigenvalue weighted by molar-refractivity contribution is 0.414. The van der Waals surface area contributed by atoms with Crippen molar-refractivity contribution in [3.8, 4) is 5.75 Å². The minimum atomic E-state index is -0.0357. The molecule has 0 amide bonds. The van der Waals surface area contributed by atoms with Crippen LogP contribution < -0.4 is 15.4 Å². The van der Waals surface area contributed by atoms with Crippen LogP contribution in [0.3, 0.4) is 0 Å². The first-order chi connectivity index (χ1) is 9.61. The predicted molar refractivity (Wildman–Crippen MR) is 81.9 cm³/mol. The molecule has 0 aliphatic heterocycles. The SMILES string of the molecule is COc1cccc(CN(C)c2ncccc2[C@H](C)N)c1. The van der Waals surface area contributed by atoms with Gasteiger partial charge in [-0.25, -0.2) is 4.98 Å². The van der Waals surface area contributed by atoms with Crippen LogP contribution in [0.15, 0.2) is 42.6 Å². The smallest absolute Gasteiger partial charge is 0.133 e. The fourth-order valence-electron chi connectivity index (χ4n) is 2.20. The molecule has 20 heavy (non-hydrogen) atoms. The quantitative estimate of drug-likeness (QED) is 0.908. The molecule has 1 heterocycles. The van der Waals surface area contributed by atoms with Gasteiger partial charge >= 0.3 is 0 Å². The Morgan fingerprint density at radius 2 is 2.10 bits per heavy atom. The van der Waals surface area contributed by atoms with Gasteiger partial charge in [-0.1, -0.05) is 18.2 Å². The van der Waals surface area contributed by atoms with E-state index in [1.165, 1.54) is 5.56 Å². The predicted octanol–water partition coefficient (Wildman–Crippen LogP) is 2.75. The summed E-state index contributed by atoms with van der Waals surface area (Å²) in [6.45, 7) is 2.73. The first kappa shape index (κ1) is 14.3. The molecule has 0 saturated carbocycles. The van der Waals surface area contributed by atoms with E-state index in [0.717, 1.165) is 23.7 Å². The minimum Gasteiger partial charge on any atom is -0.497 e. The van der Waals surface area contributed by atoms with Gasteiger partial charge in [0, 0.05) is 31.4 Å². The van der Waals surface area contributed by atoms with Gasteiger partial charge in [-0.2, -0.15) is 0 Å². The van der Waals surface area contributed by atoms with E-state index in [0.29, 0.717) is 0 Å². The molecule has 2 rings (SSSR count). The average molecular weight is 271 g/mol. The molecule has 0 aliphatic rings. The number of ether oxygens (including phenoxy) is 1. The summed E-state index contributed by atoms with van der Waals surface area (Å²) in [4.78, 5) is 6.56. The van der Waals surface area contributed by atoms with Crippen LogP contribution in [0.2, 0.25) is 0 Å². The van der Waals surface area contributed by atoms with E-state index >= 15 is 0 Å². The second-order valence-electron chi connectivity index (χ2n) is 4.91. The summed E-state index contributed by atoms with van der Waals surface area (Å²) in [5.41, 5.74) is 8.23. The van der Waals surface area contributed by atoms with E-state index in [2.05, 4.69) is 16.0 Å². The first-order valence-corrected chi connectivity index (χ1v) is 6.66. The van der Waals surface area contributed by atoms with Crippen molar-refractivity contribution in [1.29, 1.82) is 0 Å². The Labute approximate surface area is 120 Å². The summed E-state index contributed by atoms with van der Waals surface area (Å²) in [6.07, 6.45) is 1.79. The van der Waals surface area contributed by atoms with Crippen LogP contribution in [0.1, 0.15) is 24.1 Å². The lowest BCUT2D eigenvalue weighted by atomic mass is 10.1. The van der Waals surface area contributed by atoms with Crippen molar-refractivity contribution >= 4 is 5.82 Å². The van der Waals surface area contributed by atoms with Crippen molar-refractivity contribution in [3.05, 3.63) is 53.7 Å². The Morgan fingerprint density at radius 1 is 1.30 bits per heavy atom. The lowest BCUT2D eigenvalue weighted by Crippen LogP contribution is -2.21. The van der Waals surface area contributed by atoms with Crippen LogP contribution in [0.5, 0.6) is 5.75 Å². The van der Waals surface area contributed by atoms with E-state index in [-0.39, 0.29) is 6.04 Å². The van der Waals surface area contributed by atoms with E-state index in [9.17, 15) is 0 Å². The summed E-state index contributed by atoms with van der Waals surface area (Å²) in [5.74, 6) is 1.79. The Morgan fingerprint density at radius 3 is 2.80 bits per heavy atom. The molecular formula is C16H21N3O. The molecule has 0 unspecified atom stereocenters. The van der Waals surface area contributed by atoms with Gasteiger partial charge in [0.15, 0.2) is 0 Å². The van der Waals surface area contributed by atoms with Gasteiger partial charge in [-0.3, -0.25) is 0 Å². The molecule has 0 aliphatic carbocycles. The maximum absolute atomic E-state index is 6.00. The molecule has 0 bridgehead atoms. The van der Waals surface area contributed by atoms with Crippen LogP contribution in [0, 0.1) is 0 Å². The highest BCUT2D eigenvalue weighted by Crippen LogP contribution is 2.23. The molecule has 2 aromatic rings. The van der Waals surface area contributed by atoms with Crippen molar-refractivity contribution in [1.82, 2.24) is 4.98 Å². The van der Waals surface area contributed by atoms with Crippen molar-refractivity contribution < 1.29 is 4.74 Å². The first-order valence-electron chi connectivity index (χ1n) is 6.66. The van der Waals surface area contributed by atoms with Crippen LogP contribution in [0.4, 0.5) is 5.82 Å². The number of nitrogens with two attached hydrogens (primary N) is 1. The maximum Gasteiger partial charge on any atom is 0.133 e. The molecule has 0 saturated heterocycles. The number of aromatic nitrogens is 1. The molecule has 4 nitrogen and oxygen atoms in total. The van der Waals surface area contributed by atoms with Crippen molar-refractivity contribution in [2.24, 2.45) is 5.73 Å². The van der Waals surface area contributed by atoms with Gasteiger partial charge in [-0.15, -0.1) is 0 Å². The maximum atomic E-state index is 6.00. The fraction of sp³-hybridized carbons (Fsp3) is 0.312. The average Bonchev–Trinajstić information content (AvgIpc) is 2.47. The lowest BCUT2D eigenvalue weighted by Gasteiger charge is -2.22. The van der Waals surface area contributed by atoms with Gasteiger partial charge in [0.05, 0.1) is 7.11 Å². The number of rotatable bonds is 5. The molecule has 106 valence electrons. The zero-order valence-electron chi connectivity index (χ0n) is 12.2. The summed E-state index contributed by atoms with van der Waals surface area (Å²) >= 11 is 0. The Balaban J connectivity index is 2.21. The Bertz CT molecular complexity index is 569. The van der Waals surface area contributed by atoms with Crippen molar-refractivity contribution in [2.45, 2.75) is 19.5 Å². The number of benzene rings is 1. The molecule has 0 radical (unpaired) electrons. The standard InChI is InChI=1S/C16H21N3O/c1-12(17)15-8-5-9-18-16(15)19(2)11-13-6-4-7-14(10-13)20-3/h4-10,12H,11,17H2,1-3H3/t12-/m0/s1. The van der Waals surface area contributed by atoms with E-state index in [4.69, 9.17) is 10.5 Å². The van der Waals surface area contributed by atoms with Gasteiger partial charge in [0.2, 0.25) is 0 Å². The highest BCUT2D eigenvalue weighted by atomic mass is 16.5. The number of pyridine rings is 1. The van der Waals surface area contributed by atoms with Crippen LogP contribution in [-0.4, -0.2) is 19.1 Å². The largest absolute Gasteiger partial charge is 0.497 e. The Kier molecular flexibility index (Phi) is 4.58. The topological polar surface area (TPSA) is 51.4 Å². The zero-order chi connectivity index (χ0) is 14.5. The van der Waals surface area contributed by atoms with Crippen LogP contribution in [-0.2, 0) is 6.54 Å². The second kappa shape index (κ2) is 6.39. The molecule has 2 N–H and O–H groups in total. The number of hydrogen-bond donors (Lipinski definition) is 1. The summed E-state index contributed by atoms with van der Waals surface area (Å²) in [7, 11) is 3.70. The van der Waals surface area contributed by atoms with E-state index in [1.54, 1.807) is 13.3 Å². The monoisotopic (exact) mass is 271 g/mol. The summed E-state index contributed by atoms with van der Waals surface area (Å²) in [5, 5.41) is 0. The number of nitrogens with zero attached hydrogens (tertiary/aromatic N) is 2. The van der Waals surface area contributed by atoms with Crippen LogP contribution in [0.25, 0.3) is 0 Å². The van der Waals surface area contributed by atoms with Crippen molar-refractivity contribution in [2.75, 3.05) is 19.1 Å². The van der Waals surface area contributed by atoms with Gasteiger partial charge in [0.1, 0.15) is 11.6 Å². The summed E-state index contributed by atoms with van der Waals surface area (Å²) in [6, 6.07) is 12.0. The minimum absolute atomic E-state index is 0.0357. The van der Waals surface area contributed by atoms with Gasteiger partial charge < -0.3 is 15.4 Å². The Hall–Kier alpha value is -2.07. The number of hydrogen-bond acceptors (Lipinski definition) is 4. The molecule has 0 fully saturated rings. The fourth-order valence-corrected chi connectivity index (χ4v) is 2.20. The van der Waals surface area contributed by atoms with Gasteiger partial charge in [-0.05, 0) is 30.7 Å². The highest BCUT2D eigenvalue weighted by molar-refractivity contribution is 5.48. The van der Waals surface area contributed by atoms with Crippen molar-refractivity contribution in [3.63, 3.8) is 0 Å². The van der Waals surface area contributed by atoms with E-state index in [1.807, 2.05) is 44.3 Å². The molecule has 0 spiro atoms. The number of anilines is 1. The second-order valence-corrected chi connectivity index (χ2v) is 4.91.